The van der Waals surface area contributed by atoms with E-state index in [0.717, 1.165) is 4.57 Å². The highest BCUT2D eigenvalue weighted by Crippen LogP contribution is 2.28. The van der Waals surface area contributed by atoms with Crippen LogP contribution in [0.1, 0.15) is 18.6 Å². The first-order valence-electron chi connectivity index (χ1n) is 7.61. The monoisotopic (exact) mass is 333 g/mol. The summed E-state index contributed by atoms with van der Waals surface area (Å²) in [4.78, 5) is 24.9. The van der Waals surface area contributed by atoms with E-state index in [0.29, 0.717) is 11.1 Å². The third-order valence-corrected chi connectivity index (χ3v) is 4.02. The summed E-state index contributed by atoms with van der Waals surface area (Å²) in [6.45, 7) is 7.19. The molecule has 1 aromatic carbocycles. The van der Waals surface area contributed by atoms with Crippen LogP contribution in [0.15, 0.2) is 46.1 Å². The number of para-hydroxylation sites is 2. The minimum atomic E-state index is -1.20. The average molecular weight is 333 g/mol. The van der Waals surface area contributed by atoms with Gasteiger partial charge in [-0.15, -0.1) is 6.58 Å². The van der Waals surface area contributed by atoms with E-state index in [4.69, 9.17) is 13.9 Å². The van der Waals surface area contributed by atoms with Crippen LogP contribution in [0, 0.1) is 5.92 Å². The van der Waals surface area contributed by atoms with Gasteiger partial charge in [0.1, 0.15) is 6.10 Å². The lowest BCUT2D eigenvalue weighted by molar-refractivity contribution is -0.152. The molecule has 1 fully saturated rings. The van der Waals surface area contributed by atoms with E-state index in [2.05, 4.69) is 6.58 Å². The zero-order valence-electron chi connectivity index (χ0n) is 13.5. The number of oxazole rings is 1. The maximum atomic E-state index is 12.8. The second-order valence-corrected chi connectivity index (χ2v) is 6.13. The topological polar surface area (TPSA) is 90.9 Å². The number of hydrogen-bond donors (Lipinski definition) is 1. The second-order valence-electron chi connectivity index (χ2n) is 6.13. The molecule has 7 nitrogen and oxygen atoms in total. The average Bonchev–Trinajstić information content (AvgIpc) is 3.06. The van der Waals surface area contributed by atoms with Crippen molar-refractivity contribution in [1.29, 1.82) is 0 Å². The van der Waals surface area contributed by atoms with Crippen molar-refractivity contribution >= 4 is 17.0 Å². The lowest BCUT2D eigenvalue weighted by atomic mass is 9.97. The van der Waals surface area contributed by atoms with Crippen LogP contribution in [0.2, 0.25) is 0 Å². The first kappa shape index (κ1) is 16.6. The summed E-state index contributed by atoms with van der Waals surface area (Å²) in [7, 11) is 0. The number of aromatic nitrogens is 1. The van der Waals surface area contributed by atoms with Gasteiger partial charge in [0.2, 0.25) is 5.91 Å². The van der Waals surface area contributed by atoms with Crippen molar-refractivity contribution in [2.45, 2.75) is 31.8 Å². The van der Waals surface area contributed by atoms with E-state index < -0.39 is 35.6 Å². The lowest BCUT2D eigenvalue weighted by Gasteiger charge is -2.24. The summed E-state index contributed by atoms with van der Waals surface area (Å²) < 4.78 is 17.0. The Kier molecular flexibility index (Phi) is 4.16. The number of ether oxygens (including phenoxy) is 2. The molecule has 1 aliphatic heterocycles. The summed E-state index contributed by atoms with van der Waals surface area (Å²) in [6, 6.07) is 6.59. The molecule has 0 amide bonds. The summed E-state index contributed by atoms with van der Waals surface area (Å²) in [5.74, 6) is -3.30. The predicted octanol–water partition coefficient (Wildman–Crippen LogP) is 1.55. The number of carbonyl (C=O) groups excluding carboxylic acids is 1. The fraction of sp³-hybridized carbons (Fsp3) is 0.412. The molecule has 3 rings (SSSR count). The zero-order valence-corrected chi connectivity index (χ0v) is 13.5. The molecule has 2 aromatic rings. The Balaban J connectivity index is 1.93. The molecule has 1 unspecified atom stereocenters. The highest BCUT2D eigenvalue weighted by Gasteiger charge is 2.41. The number of fused-ring (bicyclic) bond motifs is 1. The molecule has 1 N–H and O–H groups in total. The minimum absolute atomic E-state index is 0.146. The summed E-state index contributed by atoms with van der Waals surface area (Å²) in [5.41, 5.74) is 0.644. The van der Waals surface area contributed by atoms with Gasteiger partial charge in [-0.25, -0.2) is 9.36 Å². The van der Waals surface area contributed by atoms with E-state index >= 15 is 0 Å². The van der Waals surface area contributed by atoms with E-state index in [1.54, 1.807) is 38.1 Å². The van der Waals surface area contributed by atoms with Gasteiger partial charge in [-0.1, -0.05) is 18.2 Å². The van der Waals surface area contributed by atoms with Gasteiger partial charge in [-0.05, 0) is 26.0 Å². The number of aliphatic hydroxyl groups is 1. The number of nitrogens with zero attached hydrogens (tertiary/aromatic N) is 1. The van der Waals surface area contributed by atoms with E-state index in [1.165, 1.54) is 6.08 Å². The third kappa shape index (κ3) is 2.82. The number of rotatable bonds is 4. The van der Waals surface area contributed by atoms with Crippen molar-refractivity contribution in [2.24, 2.45) is 5.92 Å². The quantitative estimate of drug-likeness (QED) is 0.854. The van der Waals surface area contributed by atoms with E-state index in [1.807, 2.05) is 0 Å². The maximum absolute atomic E-state index is 12.8. The van der Waals surface area contributed by atoms with E-state index in [9.17, 15) is 14.7 Å². The number of carbonyl (C=O) groups is 1. The summed E-state index contributed by atoms with van der Waals surface area (Å²) >= 11 is 0. The van der Waals surface area contributed by atoms with Gasteiger partial charge in [-0.2, -0.15) is 0 Å². The fourth-order valence-corrected chi connectivity index (χ4v) is 2.83. The normalized spacial score (nSPS) is 22.4. The smallest absolute Gasteiger partial charge is 0.407 e. The van der Waals surface area contributed by atoms with Gasteiger partial charge < -0.3 is 19.0 Å². The highest BCUT2D eigenvalue weighted by atomic mass is 16.7. The van der Waals surface area contributed by atoms with Crippen molar-refractivity contribution in [3.63, 3.8) is 0 Å². The zero-order chi connectivity index (χ0) is 17.5. The van der Waals surface area contributed by atoms with Crippen molar-refractivity contribution in [3.8, 4) is 0 Å². The van der Waals surface area contributed by atoms with Gasteiger partial charge in [0.15, 0.2) is 11.4 Å². The van der Waals surface area contributed by atoms with Crippen LogP contribution in [0.5, 0.6) is 0 Å². The van der Waals surface area contributed by atoms with Crippen molar-refractivity contribution in [1.82, 2.24) is 4.57 Å². The molecule has 24 heavy (non-hydrogen) atoms. The lowest BCUT2D eigenvalue weighted by Crippen LogP contribution is -2.42. The second kappa shape index (κ2) is 6.01. The summed E-state index contributed by atoms with van der Waals surface area (Å²) in [6.07, 6.45) is -0.589. The first-order valence-corrected chi connectivity index (χ1v) is 7.61. The van der Waals surface area contributed by atoms with Gasteiger partial charge in [0.05, 0.1) is 24.1 Å². The Bertz CT molecular complexity index is 833. The van der Waals surface area contributed by atoms with Crippen LogP contribution in [-0.4, -0.2) is 40.2 Å². The van der Waals surface area contributed by atoms with Crippen molar-refractivity contribution in [2.75, 3.05) is 6.61 Å². The van der Waals surface area contributed by atoms with Gasteiger partial charge in [-0.3, -0.25) is 4.79 Å². The maximum Gasteiger partial charge on any atom is 0.426 e. The molecule has 1 aliphatic rings. The number of hydrogen-bond acceptors (Lipinski definition) is 6. The Morgan fingerprint density at radius 3 is 2.79 bits per heavy atom. The van der Waals surface area contributed by atoms with Crippen LogP contribution in [0.4, 0.5) is 0 Å². The summed E-state index contributed by atoms with van der Waals surface area (Å²) in [5, 5.41) is 10.5. The van der Waals surface area contributed by atoms with Crippen LogP contribution >= 0.6 is 0 Å². The van der Waals surface area contributed by atoms with Crippen LogP contribution in [0.25, 0.3) is 11.1 Å². The molecule has 2 heterocycles. The van der Waals surface area contributed by atoms with Gasteiger partial charge in [0, 0.05) is 0 Å². The molecular formula is C17H19NO6. The van der Waals surface area contributed by atoms with Gasteiger partial charge >= 0.3 is 5.76 Å². The molecule has 1 saturated heterocycles. The van der Waals surface area contributed by atoms with Crippen LogP contribution in [0.3, 0.4) is 0 Å². The highest BCUT2D eigenvalue weighted by molar-refractivity contribution is 5.91. The van der Waals surface area contributed by atoms with Crippen molar-refractivity contribution in [3.05, 3.63) is 47.5 Å². The van der Waals surface area contributed by atoms with Crippen LogP contribution in [-0.2, 0) is 9.47 Å². The molecule has 3 atom stereocenters. The third-order valence-electron chi connectivity index (χ3n) is 4.02. The largest absolute Gasteiger partial charge is 0.426 e. The number of benzene rings is 1. The Morgan fingerprint density at radius 2 is 2.17 bits per heavy atom. The SMILES string of the molecule is C=CC(C(=O)n1c(=O)oc2ccccc21)[C@H](O)[C@H]1COC(C)(C)O1. The molecule has 0 bridgehead atoms. The fourth-order valence-electron chi connectivity index (χ4n) is 2.83. The van der Waals surface area contributed by atoms with E-state index in [-0.39, 0.29) is 6.61 Å². The predicted molar refractivity (Wildman–Crippen MR) is 85.7 cm³/mol. The molecule has 1 aromatic heterocycles. The molecule has 0 spiro atoms. The Morgan fingerprint density at radius 1 is 1.46 bits per heavy atom. The van der Waals surface area contributed by atoms with Crippen LogP contribution < -0.4 is 5.76 Å². The molecule has 0 aliphatic carbocycles. The molecule has 0 radical (unpaired) electrons. The number of aliphatic hydroxyl groups excluding tert-OH is 1. The minimum Gasteiger partial charge on any atom is -0.407 e. The van der Waals surface area contributed by atoms with Crippen molar-refractivity contribution < 1.29 is 23.8 Å². The standard InChI is InChI=1S/C17H19NO6/c1-4-10(14(19)13-9-22-17(2,3)24-13)15(20)18-11-7-5-6-8-12(11)23-16(18)21/h4-8,10,13-14,19H,1,9H2,2-3H3/t10?,13-,14+/m1/s1. The molecular weight excluding hydrogens is 314 g/mol. The first-order chi connectivity index (χ1) is 11.3. The molecule has 7 heteroatoms. The molecule has 128 valence electrons. The van der Waals surface area contributed by atoms with Gasteiger partial charge in [0.25, 0.3) is 0 Å². The molecule has 0 saturated carbocycles. The Labute approximate surface area is 138 Å². The Hall–Kier alpha value is -2.22.